The molecule has 1 rings (SSSR count). The van der Waals surface area contributed by atoms with Crippen LogP contribution in [0.25, 0.3) is 0 Å². The Morgan fingerprint density at radius 2 is 2.14 bits per heavy atom. The molecule has 0 saturated heterocycles. The van der Waals surface area contributed by atoms with E-state index in [-0.39, 0.29) is 18.1 Å². The number of aryl methyl sites for hydroxylation is 1. The van der Waals surface area contributed by atoms with Crippen LogP contribution in [0.5, 0.6) is 0 Å². The van der Waals surface area contributed by atoms with Gasteiger partial charge in [-0.2, -0.15) is 5.10 Å². The zero-order valence-corrected chi connectivity index (χ0v) is 14.5. The van der Waals surface area contributed by atoms with E-state index < -0.39 is 5.97 Å². The molecular weight excluding hydrogens is 385 g/mol. The van der Waals surface area contributed by atoms with Gasteiger partial charge in [-0.25, -0.2) is 4.79 Å². The Bertz CT molecular complexity index is 577. The quantitative estimate of drug-likeness (QED) is 0.242. The number of amidine groups is 1. The summed E-state index contributed by atoms with van der Waals surface area (Å²) in [4.78, 5) is 15.9. The molecule has 1 aromatic rings. The van der Waals surface area contributed by atoms with Crippen LogP contribution < -0.4 is 11.5 Å². The average Bonchev–Trinajstić information content (AvgIpc) is 2.75. The van der Waals surface area contributed by atoms with Gasteiger partial charge in [0.05, 0.1) is 13.2 Å². The van der Waals surface area contributed by atoms with Crippen molar-refractivity contribution in [2.45, 2.75) is 26.8 Å². The van der Waals surface area contributed by atoms with Crippen LogP contribution in [0.15, 0.2) is 22.5 Å². The Hall–Kier alpha value is -1.58. The molecule has 7 nitrogen and oxygen atoms in total. The van der Waals surface area contributed by atoms with Crippen LogP contribution in [0.1, 0.15) is 25.8 Å². The van der Waals surface area contributed by atoms with E-state index in [1.54, 1.807) is 11.6 Å². The van der Waals surface area contributed by atoms with Crippen molar-refractivity contribution in [3.8, 4) is 0 Å². The van der Waals surface area contributed by atoms with Crippen molar-refractivity contribution in [2.24, 2.45) is 23.5 Å². The first-order valence-corrected chi connectivity index (χ1v) is 7.62. The summed E-state index contributed by atoms with van der Waals surface area (Å²) in [5.41, 5.74) is 13.2. The zero-order chi connectivity index (χ0) is 16.0. The van der Waals surface area contributed by atoms with Gasteiger partial charge < -0.3 is 16.2 Å². The van der Waals surface area contributed by atoms with E-state index in [9.17, 15) is 4.79 Å². The molecule has 0 atom stereocenters. The van der Waals surface area contributed by atoms with E-state index in [0.717, 1.165) is 9.26 Å². The first kappa shape index (κ1) is 17.5. The lowest BCUT2D eigenvalue weighted by molar-refractivity contribution is -0.138. The summed E-state index contributed by atoms with van der Waals surface area (Å²) >= 11 is 2.14. The number of aromatic nitrogens is 2. The summed E-state index contributed by atoms with van der Waals surface area (Å²) in [5, 5.41) is 4.22. The summed E-state index contributed by atoms with van der Waals surface area (Å²) in [7, 11) is 1.84. The highest BCUT2D eigenvalue weighted by Gasteiger charge is 2.15. The third kappa shape index (κ3) is 4.73. The molecular formula is C13H20IN5O2. The topological polar surface area (TPSA) is 109 Å². The van der Waals surface area contributed by atoms with Gasteiger partial charge in [0.25, 0.3) is 0 Å². The number of nitrogens with zero attached hydrogens (tertiary/aromatic N) is 3. The number of carbonyl (C=O) groups excluding carboxylic acids is 1. The van der Waals surface area contributed by atoms with E-state index in [0.29, 0.717) is 18.5 Å². The summed E-state index contributed by atoms with van der Waals surface area (Å²) < 4.78 is 7.46. The Labute approximate surface area is 137 Å². The van der Waals surface area contributed by atoms with Crippen LogP contribution in [-0.2, 0) is 23.1 Å². The number of ether oxygens (including phenoxy) is 1. The van der Waals surface area contributed by atoms with Crippen LogP contribution in [0.4, 0.5) is 0 Å². The number of esters is 1. The summed E-state index contributed by atoms with van der Waals surface area (Å²) in [6, 6.07) is 0. The molecule has 1 aromatic heterocycles. The van der Waals surface area contributed by atoms with Crippen molar-refractivity contribution in [2.75, 3.05) is 6.61 Å². The van der Waals surface area contributed by atoms with E-state index in [2.05, 4.69) is 32.7 Å². The predicted molar refractivity (Wildman–Crippen MR) is 89.4 cm³/mol. The Balaban J connectivity index is 2.95. The summed E-state index contributed by atoms with van der Waals surface area (Å²) in [6.07, 6.45) is 2.38. The summed E-state index contributed by atoms with van der Waals surface area (Å²) in [5.74, 6) is -0.314. The minimum Gasteiger partial charge on any atom is -0.461 e. The molecule has 21 heavy (non-hydrogen) atoms. The van der Waals surface area contributed by atoms with Crippen molar-refractivity contribution < 1.29 is 9.53 Å². The molecule has 0 spiro atoms. The lowest BCUT2D eigenvalue weighted by atomic mass is 10.1. The predicted octanol–water partition coefficient (Wildman–Crippen LogP) is 1.07. The lowest BCUT2D eigenvalue weighted by Gasteiger charge is -2.09. The van der Waals surface area contributed by atoms with Crippen molar-refractivity contribution in [3.05, 3.63) is 26.7 Å². The van der Waals surface area contributed by atoms with Crippen molar-refractivity contribution >= 4 is 34.4 Å². The molecule has 0 aliphatic heterocycles. The van der Waals surface area contributed by atoms with Gasteiger partial charge in [-0.3, -0.25) is 9.67 Å². The Morgan fingerprint density at radius 1 is 1.48 bits per heavy atom. The van der Waals surface area contributed by atoms with Gasteiger partial charge in [-0.05, 0) is 35.9 Å². The average molecular weight is 405 g/mol. The molecule has 0 unspecified atom stereocenters. The van der Waals surface area contributed by atoms with E-state index in [4.69, 9.17) is 16.2 Å². The highest BCUT2D eigenvalue weighted by atomic mass is 127. The first-order chi connectivity index (χ1) is 9.90. The number of hydrogen-bond donors (Lipinski definition) is 2. The number of aliphatic imine (C=N–C) groups is 1. The number of rotatable bonds is 6. The molecule has 0 saturated carbocycles. The molecule has 8 heteroatoms. The van der Waals surface area contributed by atoms with Crippen LogP contribution in [0, 0.1) is 3.70 Å². The third-order valence-corrected chi connectivity index (χ3v) is 3.66. The molecule has 0 aromatic carbocycles. The fraction of sp³-hybridized carbons (Fsp3) is 0.462. The normalized spacial score (nSPS) is 13.0. The fourth-order valence-corrected chi connectivity index (χ4v) is 2.37. The molecule has 0 amide bonds. The molecule has 0 aliphatic carbocycles. The van der Waals surface area contributed by atoms with Crippen LogP contribution >= 0.6 is 22.6 Å². The van der Waals surface area contributed by atoms with Gasteiger partial charge in [-0.1, -0.05) is 6.92 Å². The van der Waals surface area contributed by atoms with Gasteiger partial charge in [0.15, 0.2) is 0 Å². The largest absolute Gasteiger partial charge is 0.461 e. The second-order valence-electron chi connectivity index (χ2n) is 4.29. The molecule has 4 N–H and O–H groups in total. The van der Waals surface area contributed by atoms with Crippen molar-refractivity contribution in [1.29, 1.82) is 0 Å². The lowest BCUT2D eigenvalue weighted by Crippen LogP contribution is -2.24. The maximum atomic E-state index is 11.6. The van der Waals surface area contributed by atoms with Gasteiger partial charge in [0, 0.05) is 24.4 Å². The van der Waals surface area contributed by atoms with Gasteiger partial charge in [0.1, 0.15) is 15.2 Å². The van der Waals surface area contributed by atoms with E-state index in [1.807, 2.05) is 20.2 Å². The van der Waals surface area contributed by atoms with Gasteiger partial charge >= 0.3 is 5.97 Å². The van der Waals surface area contributed by atoms with E-state index in [1.165, 1.54) is 0 Å². The van der Waals surface area contributed by atoms with Crippen LogP contribution in [0.3, 0.4) is 0 Å². The van der Waals surface area contributed by atoms with Crippen LogP contribution in [0.2, 0.25) is 0 Å². The smallest absolute Gasteiger partial charge is 0.354 e. The molecule has 0 fully saturated rings. The van der Waals surface area contributed by atoms with Gasteiger partial charge in [0.2, 0.25) is 0 Å². The number of carbonyl (C=O) groups is 1. The molecule has 0 aliphatic rings. The second kappa shape index (κ2) is 8.01. The maximum Gasteiger partial charge on any atom is 0.354 e. The number of halogens is 1. The molecule has 0 radical (unpaired) electrons. The molecule has 116 valence electrons. The Kier molecular flexibility index (Phi) is 6.66. The number of nitrogens with two attached hydrogens (primary N) is 2. The standard InChI is InChI=1S/C13H20IN5O2/c1-4-9(10(15)13(20)21-5-2)12(16)17-6-8-7-19(3)18-11(8)14/h7H,4-6,15H2,1-3H3,(H2,16,17). The Morgan fingerprint density at radius 3 is 2.62 bits per heavy atom. The van der Waals surface area contributed by atoms with Crippen LogP contribution in [-0.4, -0.2) is 28.2 Å². The van der Waals surface area contributed by atoms with Crippen molar-refractivity contribution in [1.82, 2.24) is 9.78 Å². The minimum atomic E-state index is -0.566. The van der Waals surface area contributed by atoms with Crippen molar-refractivity contribution in [3.63, 3.8) is 0 Å². The molecule has 0 bridgehead atoms. The monoisotopic (exact) mass is 405 g/mol. The minimum absolute atomic E-state index is 0.0153. The summed E-state index contributed by atoms with van der Waals surface area (Å²) in [6.45, 7) is 4.23. The third-order valence-electron chi connectivity index (χ3n) is 2.76. The molecule has 1 heterocycles. The van der Waals surface area contributed by atoms with E-state index >= 15 is 0 Å². The highest BCUT2D eigenvalue weighted by Crippen LogP contribution is 2.12. The zero-order valence-electron chi connectivity index (χ0n) is 12.4. The fourth-order valence-electron chi connectivity index (χ4n) is 1.72. The number of hydrogen-bond acceptors (Lipinski definition) is 5. The first-order valence-electron chi connectivity index (χ1n) is 6.54. The second-order valence-corrected chi connectivity index (χ2v) is 5.31. The van der Waals surface area contributed by atoms with Gasteiger partial charge in [-0.15, -0.1) is 0 Å². The SMILES string of the molecule is CCOC(=O)C(N)=C(CC)C(N)=NCc1cn(C)nc1I. The maximum absolute atomic E-state index is 11.6. The highest BCUT2D eigenvalue weighted by molar-refractivity contribution is 14.1.